The zero-order valence-corrected chi connectivity index (χ0v) is 14.1. The maximum absolute atomic E-state index is 13.1. The first-order chi connectivity index (χ1) is 12.6. The number of hydrogen-bond acceptors (Lipinski definition) is 4. The third-order valence-electron chi connectivity index (χ3n) is 4.87. The van der Waals surface area contributed by atoms with Gasteiger partial charge < -0.3 is 19.1 Å². The molecule has 3 heterocycles. The summed E-state index contributed by atoms with van der Waals surface area (Å²) in [6, 6.07) is 5.92. The first kappa shape index (κ1) is 16.7. The molecular formula is C18H19FN4O3. The Labute approximate surface area is 150 Å². The topological polar surface area (TPSA) is 67.7 Å². The van der Waals surface area contributed by atoms with E-state index in [1.54, 1.807) is 45.2 Å². The van der Waals surface area contributed by atoms with Gasteiger partial charge in [0.15, 0.2) is 0 Å². The van der Waals surface area contributed by atoms with Crippen molar-refractivity contribution in [3.05, 3.63) is 54.4 Å². The number of carbonyl (C=O) groups is 2. The van der Waals surface area contributed by atoms with Gasteiger partial charge in [0, 0.05) is 32.0 Å². The molecule has 1 aromatic heterocycles. The van der Waals surface area contributed by atoms with E-state index in [4.69, 9.17) is 4.74 Å². The molecule has 2 fully saturated rings. The fourth-order valence-corrected chi connectivity index (χ4v) is 3.50. The number of morpholine rings is 1. The summed E-state index contributed by atoms with van der Waals surface area (Å²) in [6.07, 6.45) is 4.77. The van der Waals surface area contributed by atoms with Crippen molar-refractivity contribution in [1.29, 1.82) is 0 Å². The zero-order valence-electron chi connectivity index (χ0n) is 14.1. The Morgan fingerprint density at radius 2 is 2.08 bits per heavy atom. The Kier molecular flexibility index (Phi) is 4.42. The molecule has 2 aliphatic heterocycles. The average Bonchev–Trinajstić information content (AvgIpc) is 3.28. The van der Waals surface area contributed by atoms with Crippen LogP contribution in [0.4, 0.5) is 4.39 Å². The van der Waals surface area contributed by atoms with E-state index in [0.29, 0.717) is 19.6 Å². The molecule has 1 aromatic carbocycles. The standard InChI is InChI=1S/C18H19FN4O3/c19-14-3-1-13(2-4-14)7-23-15-8-22(9-16(15)26-11-18(23)25)17(24)10-21-6-5-20-12-21/h1-6,12,15-16H,7-11H2/t15-,16-/m1/s1. The van der Waals surface area contributed by atoms with E-state index >= 15 is 0 Å². The second kappa shape index (κ2) is 6.87. The third-order valence-corrected chi connectivity index (χ3v) is 4.87. The van der Waals surface area contributed by atoms with E-state index in [1.807, 2.05) is 0 Å². The number of fused-ring (bicyclic) bond motifs is 1. The minimum Gasteiger partial charge on any atom is -0.364 e. The second-order valence-corrected chi connectivity index (χ2v) is 6.60. The van der Waals surface area contributed by atoms with Crippen LogP contribution in [0.1, 0.15) is 5.56 Å². The number of imidazole rings is 1. The minimum atomic E-state index is -0.308. The van der Waals surface area contributed by atoms with Crippen LogP contribution in [0.2, 0.25) is 0 Å². The Morgan fingerprint density at radius 1 is 1.27 bits per heavy atom. The number of carbonyl (C=O) groups excluding carboxylic acids is 2. The quantitative estimate of drug-likeness (QED) is 0.805. The normalized spacial score (nSPS) is 22.6. The predicted octanol–water partition coefficient (Wildman–Crippen LogP) is 0.661. The van der Waals surface area contributed by atoms with E-state index in [-0.39, 0.29) is 42.9 Å². The molecule has 0 saturated carbocycles. The molecule has 136 valence electrons. The monoisotopic (exact) mass is 358 g/mol. The molecule has 2 saturated heterocycles. The van der Waals surface area contributed by atoms with Gasteiger partial charge in [0.25, 0.3) is 0 Å². The van der Waals surface area contributed by atoms with Gasteiger partial charge in [-0.05, 0) is 17.7 Å². The lowest BCUT2D eigenvalue weighted by Crippen LogP contribution is -2.53. The molecule has 8 heteroatoms. The van der Waals surface area contributed by atoms with Crippen molar-refractivity contribution in [3.63, 3.8) is 0 Å². The van der Waals surface area contributed by atoms with Crippen molar-refractivity contribution >= 4 is 11.8 Å². The van der Waals surface area contributed by atoms with Crippen LogP contribution in [0.3, 0.4) is 0 Å². The summed E-state index contributed by atoms with van der Waals surface area (Å²) in [4.78, 5) is 32.3. The molecular weight excluding hydrogens is 339 g/mol. The van der Waals surface area contributed by atoms with Gasteiger partial charge in [-0.1, -0.05) is 12.1 Å². The lowest BCUT2D eigenvalue weighted by molar-refractivity contribution is -0.153. The highest BCUT2D eigenvalue weighted by molar-refractivity contribution is 5.80. The van der Waals surface area contributed by atoms with Gasteiger partial charge in [-0.15, -0.1) is 0 Å². The summed E-state index contributed by atoms with van der Waals surface area (Å²) in [6.45, 7) is 1.50. The van der Waals surface area contributed by atoms with Gasteiger partial charge in [0.1, 0.15) is 19.0 Å². The first-order valence-corrected chi connectivity index (χ1v) is 8.49. The van der Waals surface area contributed by atoms with Crippen LogP contribution in [-0.2, 0) is 27.4 Å². The molecule has 0 aliphatic carbocycles. The molecule has 2 amide bonds. The van der Waals surface area contributed by atoms with Gasteiger partial charge in [-0.25, -0.2) is 9.37 Å². The zero-order chi connectivity index (χ0) is 18.1. The summed E-state index contributed by atoms with van der Waals surface area (Å²) < 4.78 is 20.5. The fourth-order valence-electron chi connectivity index (χ4n) is 3.50. The molecule has 7 nitrogen and oxygen atoms in total. The SMILES string of the molecule is O=C(Cn1ccnc1)N1C[C@@H]2[C@@H](C1)OCC(=O)N2Cc1ccc(F)cc1. The summed E-state index contributed by atoms with van der Waals surface area (Å²) in [5, 5.41) is 0. The number of rotatable bonds is 4. The highest BCUT2D eigenvalue weighted by Gasteiger charge is 2.44. The molecule has 0 spiro atoms. The van der Waals surface area contributed by atoms with Crippen LogP contribution in [0.25, 0.3) is 0 Å². The predicted molar refractivity (Wildman–Crippen MR) is 89.3 cm³/mol. The maximum Gasteiger partial charge on any atom is 0.249 e. The summed E-state index contributed by atoms with van der Waals surface area (Å²) in [5.74, 6) is -0.452. The van der Waals surface area contributed by atoms with Crippen molar-refractivity contribution in [2.45, 2.75) is 25.2 Å². The maximum atomic E-state index is 13.1. The Bertz CT molecular complexity index is 793. The van der Waals surface area contributed by atoms with Gasteiger partial charge in [0.2, 0.25) is 11.8 Å². The highest BCUT2D eigenvalue weighted by Crippen LogP contribution is 2.25. The smallest absolute Gasteiger partial charge is 0.249 e. The van der Waals surface area contributed by atoms with Crippen LogP contribution in [0.15, 0.2) is 43.0 Å². The van der Waals surface area contributed by atoms with Crippen LogP contribution in [0, 0.1) is 5.82 Å². The van der Waals surface area contributed by atoms with Crippen molar-refractivity contribution in [2.24, 2.45) is 0 Å². The third kappa shape index (κ3) is 3.32. The van der Waals surface area contributed by atoms with Gasteiger partial charge >= 0.3 is 0 Å². The largest absolute Gasteiger partial charge is 0.364 e. The van der Waals surface area contributed by atoms with Gasteiger partial charge in [0.05, 0.1) is 18.5 Å². The summed E-state index contributed by atoms with van der Waals surface area (Å²) >= 11 is 0. The number of amides is 2. The highest BCUT2D eigenvalue weighted by atomic mass is 19.1. The lowest BCUT2D eigenvalue weighted by Gasteiger charge is -2.36. The van der Waals surface area contributed by atoms with E-state index in [1.165, 1.54) is 12.1 Å². The van der Waals surface area contributed by atoms with E-state index in [2.05, 4.69) is 4.98 Å². The van der Waals surface area contributed by atoms with Crippen LogP contribution in [0.5, 0.6) is 0 Å². The second-order valence-electron chi connectivity index (χ2n) is 6.60. The Balaban J connectivity index is 1.46. The number of benzene rings is 1. The fraction of sp³-hybridized carbons (Fsp3) is 0.389. The molecule has 2 atom stereocenters. The van der Waals surface area contributed by atoms with E-state index in [0.717, 1.165) is 5.56 Å². The number of aromatic nitrogens is 2. The van der Waals surface area contributed by atoms with Crippen molar-refractivity contribution < 1.29 is 18.7 Å². The van der Waals surface area contributed by atoms with E-state index < -0.39 is 0 Å². The van der Waals surface area contributed by atoms with E-state index in [9.17, 15) is 14.0 Å². The molecule has 4 rings (SSSR count). The van der Waals surface area contributed by atoms with Crippen molar-refractivity contribution in [1.82, 2.24) is 19.4 Å². The summed E-state index contributed by atoms with van der Waals surface area (Å²) in [7, 11) is 0. The average molecular weight is 358 g/mol. The number of hydrogen-bond donors (Lipinski definition) is 0. The van der Waals surface area contributed by atoms with Crippen LogP contribution >= 0.6 is 0 Å². The molecule has 26 heavy (non-hydrogen) atoms. The number of halogens is 1. The number of ether oxygens (including phenoxy) is 1. The molecule has 0 N–H and O–H groups in total. The number of likely N-dealkylation sites (tertiary alicyclic amines) is 1. The molecule has 2 aliphatic rings. The first-order valence-electron chi connectivity index (χ1n) is 8.49. The molecule has 0 bridgehead atoms. The number of nitrogens with zero attached hydrogens (tertiary/aromatic N) is 4. The van der Waals surface area contributed by atoms with Crippen LogP contribution in [-0.4, -0.2) is 63.0 Å². The molecule has 0 unspecified atom stereocenters. The van der Waals surface area contributed by atoms with Gasteiger partial charge in [-0.2, -0.15) is 0 Å². The minimum absolute atomic E-state index is 0.00587. The van der Waals surface area contributed by atoms with Gasteiger partial charge in [-0.3, -0.25) is 9.59 Å². The Hall–Kier alpha value is -2.74. The lowest BCUT2D eigenvalue weighted by atomic mass is 10.1. The molecule has 2 aromatic rings. The van der Waals surface area contributed by atoms with Crippen molar-refractivity contribution in [3.8, 4) is 0 Å². The Morgan fingerprint density at radius 3 is 2.81 bits per heavy atom. The van der Waals surface area contributed by atoms with Crippen LogP contribution < -0.4 is 0 Å². The summed E-state index contributed by atoms with van der Waals surface area (Å²) in [5.41, 5.74) is 0.851. The van der Waals surface area contributed by atoms with Crippen molar-refractivity contribution in [2.75, 3.05) is 19.7 Å². The molecule has 0 radical (unpaired) electrons.